The Bertz CT molecular complexity index is 435. The second kappa shape index (κ2) is 6.05. The van der Waals surface area contributed by atoms with Crippen molar-refractivity contribution in [2.45, 2.75) is 40.2 Å². The molecule has 1 aromatic rings. The van der Waals surface area contributed by atoms with Crippen molar-refractivity contribution in [3.8, 4) is 6.07 Å². The Morgan fingerprint density at radius 1 is 1.29 bits per heavy atom. The van der Waals surface area contributed by atoms with E-state index >= 15 is 0 Å². The van der Waals surface area contributed by atoms with Crippen molar-refractivity contribution >= 4 is 5.97 Å². The van der Waals surface area contributed by atoms with Gasteiger partial charge in [-0.25, -0.2) is 0 Å². The first-order chi connectivity index (χ1) is 8.04. The maximum absolute atomic E-state index is 11.3. The molecule has 0 amide bonds. The summed E-state index contributed by atoms with van der Waals surface area (Å²) in [6.45, 7) is 6.36. The van der Waals surface area contributed by atoms with Gasteiger partial charge in [0.15, 0.2) is 0 Å². The van der Waals surface area contributed by atoms with Crippen LogP contribution in [0.1, 0.15) is 35.1 Å². The van der Waals surface area contributed by atoms with Crippen molar-refractivity contribution < 1.29 is 9.53 Å². The van der Waals surface area contributed by atoms with Gasteiger partial charge in [-0.1, -0.05) is 17.7 Å². The summed E-state index contributed by atoms with van der Waals surface area (Å²) in [6, 6.07) is 6.08. The number of nitriles is 1. The van der Waals surface area contributed by atoms with Crippen LogP contribution in [0, 0.1) is 32.1 Å². The molecule has 0 unspecified atom stereocenters. The summed E-state index contributed by atoms with van der Waals surface area (Å²) in [5.74, 6) is -0.314. The van der Waals surface area contributed by atoms with Gasteiger partial charge in [0, 0.05) is 6.42 Å². The number of benzene rings is 1. The molecule has 1 aromatic carbocycles. The number of carbonyl (C=O) groups excluding carboxylic acids is 1. The molecule has 0 atom stereocenters. The summed E-state index contributed by atoms with van der Waals surface area (Å²) in [7, 11) is 0. The van der Waals surface area contributed by atoms with Crippen molar-refractivity contribution in [3.05, 3.63) is 34.4 Å². The lowest BCUT2D eigenvalue weighted by Gasteiger charge is -2.11. The number of ether oxygens (including phenoxy) is 1. The highest BCUT2D eigenvalue weighted by atomic mass is 16.5. The van der Waals surface area contributed by atoms with E-state index in [-0.39, 0.29) is 18.8 Å². The lowest BCUT2D eigenvalue weighted by molar-refractivity contribution is -0.144. The highest BCUT2D eigenvalue weighted by Crippen LogP contribution is 2.17. The highest BCUT2D eigenvalue weighted by Gasteiger charge is 2.07. The molecule has 0 radical (unpaired) electrons. The van der Waals surface area contributed by atoms with Crippen LogP contribution in [0.25, 0.3) is 0 Å². The Hall–Kier alpha value is -1.82. The minimum atomic E-state index is -0.314. The van der Waals surface area contributed by atoms with Crippen LogP contribution < -0.4 is 0 Å². The molecule has 0 spiro atoms. The van der Waals surface area contributed by atoms with Crippen LogP contribution in [-0.2, 0) is 16.1 Å². The zero-order valence-electron chi connectivity index (χ0n) is 10.5. The first-order valence-electron chi connectivity index (χ1n) is 5.64. The van der Waals surface area contributed by atoms with Gasteiger partial charge in [-0.3, -0.25) is 4.79 Å². The summed E-state index contributed by atoms with van der Waals surface area (Å²) in [6.07, 6.45) is 0.380. The van der Waals surface area contributed by atoms with Crippen molar-refractivity contribution in [2.75, 3.05) is 0 Å². The van der Waals surface area contributed by atoms with E-state index in [0.29, 0.717) is 6.61 Å². The van der Waals surface area contributed by atoms with Crippen molar-refractivity contribution in [1.82, 2.24) is 0 Å². The van der Waals surface area contributed by atoms with E-state index in [1.54, 1.807) is 0 Å². The molecule has 17 heavy (non-hydrogen) atoms. The predicted octanol–water partition coefficient (Wildman–Crippen LogP) is 2.96. The molecular weight excluding hydrogens is 214 g/mol. The third-order valence-electron chi connectivity index (χ3n) is 2.66. The van der Waals surface area contributed by atoms with E-state index in [2.05, 4.69) is 12.1 Å². The number of nitrogens with zero attached hydrogens (tertiary/aromatic N) is 1. The van der Waals surface area contributed by atoms with Gasteiger partial charge >= 0.3 is 5.97 Å². The zero-order chi connectivity index (χ0) is 12.8. The Labute approximate surface area is 102 Å². The van der Waals surface area contributed by atoms with E-state index in [0.717, 1.165) is 16.7 Å². The number of esters is 1. The van der Waals surface area contributed by atoms with Gasteiger partial charge in [-0.2, -0.15) is 5.26 Å². The van der Waals surface area contributed by atoms with E-state index in [4.69, 9.17) is 10.00 Å². The summed E-state index contributed by atoms with van der Waals surface area (Å²) in [5.41, 5.74) is 4.53. The minimum absolute atomic E-state index is 0.167. The smallest absolute Gasteiger partial charge is 0.307 e. The van der Waals surface area contributed by atoms with Gasteiger partial charge in [0.1, 0.15) is 6.61 Å². The maximum Gasteiger partial charge on any atom is 0.307 e. The lowest BCUT2D eigenvalue weighted by atomic mass is 10.0. The van der Waals surface area contributed by atoms with Gasteiger partial charge in [0.25, 0.3) is 0 Å². The molecule has 90 valence electrons. The van der Waals surface area contributed by atoms with Crippen LogP contribution in [0.4, 0.5) is 0 Å². The molecule has 0 N–H and O–H groups in total. The second-order valence-electron chi connectivity index (χ2n) is 4.20. The summed E-state index contributed by atoms with van der Waals surface area (Å²) >= 11 is 0. The number of carbonyl (C=O) groups is 1. The molecule has 0 aliphatic heterocycles. The largest absolute Gasteiger partial charge is 0.461 e. The standard InChI is InChI=1S/C14H17NO2/c1-10-7-11(2)13(12(3)8-10)9-17-14(16)5-4-6-15/h7-8H,4-5,9H2,1-3H3. The summed E-state index contributed by atoms with van der Waals surface area (Å²) < 4.78 is 5.14. The van der Waals surface area contributed by atoms with Gasteiger partial charge in [0.2, 0.25) is 0 Å². The van der Waals surface area contributed by atoms with Crippen molar-refractivity contribution in [1.29, 1.82) is 5.26 Å². The van der Waals surface area contributed by atoms with Gasteiger partial charge in [-0.05, 0) is 37.5 Å². The van der Waals surface area contributed by atoms with Crippen LogP contribution in [0.2, 0.25) is 0 Å². The number of aryl methyl sites for hydroxylation is 3. The van der Waals surface area contributed by atoms with Crippen LogP contribution >= 0.6 is 0 Å². The molecule has 0 saturated carbocycles. The van der Waals surface area contributed by atoms with E-state index < -0.39 is 0 Å². The summed E-state index contributed by atoms with van der Waals surface area (Å²) in [4.78, 5) is 11.3. The van der Waals surface area contributed by atoms with Gasteiger partial charge in [-0.15, -0.1) is 0 Å². The Morgan fingerprint density at radius 2 is 1.88 bits per heavy atom. The van der Waals surface area contributed by atoms with E-state index in [1.807, 2.05) is 26.8 Å². The van der Waals surface area contributed by atoms with Crippen LogP contribution in [-0.4, -0.2) is 5.97 Å². The van der Waals surface area contributed by atoms with Crippen molar-refractivity contribution in [3.63, 3.8) is 0 Å². The van der Waals surface area contributed by atoms with E-state index in [1.165, 1.54) is 5.56 Å². The Balaban J connectivity index is 2.64. The normalized spacial score (nSPS) is 9.76. The lowest BCUT2D eigenvalue weighted by Crippen LogP contribution is -2.06. The summed E-state index contributed by atoms with van der Waals surface area (Å²) in [5, 5.41) is 8.36. The third-order valence-corrected chi connectivity index (χ3v) is 2.66. The third kappa shape index (κ3) is 3.92. The average Bonchev–Trinajstić information content (AvgIpc) is 2.24. The number of hydrogen-bond donors (Lipinski definition) is 0. The molecule has 0 aliphatic rings. The molecule has 1 rings (SSSR count). The molecule has 0 aliphatic carbocycles. The minimum Gasteiger partial charge on any atom is -0.461 e. The predicted molar refractivity (Wildman–Crippen MR) is 65.3 cm³/mol. The van der Waals surface area contributed by atoms with E-state index in [9.17, 15) is 4.79 Å². The van der Waals surface area contributed by atoms with Gasteiger partial charge in [0.05, 0.1) is 12.5 Å². The van der Waals surface area contributed by atoms with Crippen LogP contribution in [0.5, 0.6) is 0 Å². The molecule has 0 bridgehead atoms. The Kier molecular flexibility index (Phi) is 4.71. The maximum atomic E-state index is 11.3. The molecular formula is C14H17NO2. The first-order valence-corrected chi connectivity index (χ1v) is 5.64. The molecule has 3 nitrogen and oxygen atoms in total. The molecule has 3 heteroatoms. The van der Waals surface area contributed by atoms with Crippen molar-refractivity contribution in [2.24, 2.45) is 0 Å². The second-order valence-corrected chi connectivity index (χ2v) is 4.20. The number of hydrogen-bond acceptors (Lipinski definition) is 3. The molecule has 0 saturated heterocycles. The fourth-order valence-electron chi connectivity index (χ4n) is 1.82. The Morgan fingerprint density at radius 3 is 2.41 bits per heavy atom. The monoisotopic (exact) mass is 231 g/mol. The van der Waals surface area contributed by atoms with Gasteiger partial charge < -0.3 is 4.74 Å². The first kappa shape index (κ1) is 13.2. The molecule has 0 aromatic heterocycles. The molecule has 0 heterocycles. The quantitative estimate of drug-likeness (QED) is 0.748. The fourth-order valence-corrected chi connectivity index (χ4v) is 1.82. The average molecular weight is 231 g/mol. The topological polar surface area (TPSA) is 50.1 Å². The highest BCUT2D eigenvalue weighted by molar-refractivity contribution is 5.69. The molecule has 0 fully saturated rings. The number of rotatable bonds is 4. The fraction of sp³-hybridized carbons (Fsp3) is 0.429. The van der Waals surface area contributed by atoms with Crippen LogP contribution in [0.3, 0.4) is 0 Å². The SMILES string of the molecule is Cc1cc(C)c(COC(=O)CCC#N)c(C)c1. The zero-order valence-corrected chi connectivity index (χ0v) is 10.5. The van der Waals surface area contributed by atoms with Crippen LogP contribution in [0.15, 0.2) is 12.1 Å².